The second kappa shape index (κ2) is 6.52. The molecule has 0 saturated heterocycles. The third kappa shape index (κ3) is 4.25. The first-order valence-electron chi connectivity index (χ1n) is 7.27. The number of hydrogen-bond acceptors (Lipinski definition) is 3. The van der Waals surface area contributed by atoms with Crippen LogP contribution in [0.4, 0.5) is 16.2 Å². The molecule has 0 aliphatic heterocycles. The zero-order valence-electron chi connectivity index (χ0n) is 13.5. The zero-order valence-corrected chi connectivity index (χ0v) is 13.5. The molecule has 0 heterocycles. The number of aryl methyl sites for hydroxylation is 1. The number of rotatable bonds is 3. The van der Waals surface area contributed by atoms with Gasteiger partial charge in [0.05, 0.1) is 11.4 Å². The van der Waals surface area contributed by atoms with Crippen molar-refractivity contribution in [1.29, 1.82) is 0 Å². The van der Waals surface area contributed by atoms with Gasteiger partial charge in [-0.25, -0.2) is 4.79 Å². The average molecular weight is 298 g/mol. The van der Waals surface area contributed by atoms with Crippen molar-refractivity contribution in [3.63, 3.8) is 0 Å². The molecule has 0 spiro atoms. The highest BCUT2D eigenvalue weighted by Gasteiger charge is 2.24. The largest absolute Gasteiger partial charge is 0.442 e. The molecule has 1 N–H and O–H groups in total. The van der Waals surface area contributed by atoms with Crippen molar-refractivity contribution in [3.8, 4) is 0 Å². The molecular formula is C18H22N2O2. The third-order valence-electron chi connectivity index (χ3n) is 2.95. The minimum Gasteiger partial charge on any atom is -0.442 e. The number of amides is 1. The predicted octanol–water partition coefficient (Wildman–Crippen LogP) is 4.76. The van der Waals surface area contributed by atoms with Crippen LogP contribution in [0.25, 0.3) is 0 Å². The Hall–Kier alpha value is -2.49. The minimum atomic E-state index is -0.559. The van der Waals surface area contributed by atoms with E-state index in [1.807, 2.05) is 82.3 Å². The van der Waals surface area contributed by atoms with Gasteiger partial charge >= 0.3 is 6.09 Å². The van der Waals surface area contributed by atoms with Gasteiger partial charge in [0.15, 0.2) is 0 Å². The summed E-state index contributed by atoms with van der Waals surface area (Å²) in [5.41, 5.74) is 5.12. The van der Waals surface area contributed by atoms with E-state index in [-0.39, 0.29) is 0 Å². The van der Waals surface area contributed by atoms with Crippen molar-refractivity contribution in [1.82, 2.24) is 0 Å². The van der Waals surface area contributed by atoms with Crippen molar-refractivity contribution in [2.45, 2.75) is 33.3 Å². The molecule has 2 aromatic rings. The molecule has 0 aliphatic carbocycles. The maximum absolute atomic E-state index is 12.6. The van der Waals surface area contributed by atoms with E-state index >= 15 is 0 Å². The molecule has 4 heteroatoms. The summed E-state index contributed by atoms with van der Waals surface area (Å²) in [6.45, 7) is 7.51. The first-order chi connectivity index (χ1) is 10.4. The molecule has 0 fully saturated rings. The number of benzene rings is 2. The SMILES string of the molecule is Cc1ccccc1N(Nc1ccccc1)C(=O)OC(C)(C)C. The Morgan fingerprint density at radius 3 is 2.18 bits per heavy atom. The topological polar surface area (TPSA) is 41.6 Å². The molecule has 116 valence electrons. The van der Waals surface area contributed by atoms with Crippen LogP contribution < -0.4 is 10.4 Å². The van der Waals surface area contributed by atoms with E-state index in [1.54, 1.807) is 0 Å². The highest BCUT2D eigenvalue weighted by Crippen LogP contribution is 2.23. The predicted molar refractivity (Wildman–Crippen MR) is 90.0 cm³/mol. The van der Waals surface area contributed by atoms with Gasteiger partial charge in [-0.1, -0.05) is 36.4 Å². The van der Waals surface area contributed by atoms with E-state index in [0.717, 1.165) is 16.9 Å². The van der Waals surface area contributed by atoms with Crippen LogP contribution in [0.2, 0.25) is 0 Å². The Morgan fingerprint density at radius 2 is 1.59 bits per heavy atom. The number of hydrogen-bond donors (Lipinski definition) is 1. The summed E-state index contributed by atoms with van der Waals surface area (Å²) in [5.74, 6) is 0. The van der Waals surface area contributed by atoms with Crippen molar-refractivity contribution in [2.75, 3.05) is 10.4 Å². The van der Waals surface area contributed by atoms with Gasteiger partial charge in [-0.2, -0.15) is 5.01 Å². The number of carbonyl (C=O) groups is 1. The van der Waals surface area contributed by atoms with Crippen LogP contribution in [0, 0.1) is 6.92 Å². The van der Waals surface area contributed by atoms with Crippen molar-refractivity contribution >= 4 is 17.5 Å². The molecule has 4 nitrogen and oxygen atoms in total. The van der Waals surface area contributed by atoms with E-state index in [4.69, 9.17) is 4.74 Å². The van der Waals surface area contributed by atoms with E-state index in [0.29, 0.717) is 0 Å². The smallest absolute Gasteiger partial charge is 0.433 e. The number of carbonyl (C=O) groups excluding carboxylic acids is 1. The number of hydrazine groups is 1. The maximum Gasteiger partial charge on any atom is 0.433 e. The summed E-state index contributed by atoms with van der Waals surface area (Å²) in [5, 5.41) is 1.44. The molecule has 0 bridgehead atoms. The highest BCUT2D eigenvalue weighted by atomic mass is 16.6. The second-order valence-electron chi connectivity index (χ2n) is 6.08. The summed E-state index contributed by atoms with van der Waals surface area (Å²) in [6.07, 6.45) is -0.439. The van der Waals surface area contributed by atoms with Gasteiger partial charge in [0.1, 0.15) is 5.60 Å². The lowest BCUT2D eigenvalue weighted by Gasteiger charge is -2.29. The molecule has 0 atom stereocenters. The first-order valence-corrected chi connectivity index (χ1v) is 7.27. The van der Waals surface area contributed by atoms with E-state index in [1.165, 1.54) is 5.01 Å². The van der Waals surface area contributed by atoms with Crippen LogP contribution in [0.15, 0.2) is 54.6 Å². The van der Waals surface area contributed by atoms with Gasteiger partial charge in [-0.15, -0.1) is 0 Å². The Morgan fingerprint density at radius 1 is 1.00 bits per heavy atom. The van der Waals surface area contributed by atoms with Crippen LogP contribution in [0.3, 0.4) is 0 Å². The minimum absolute atomic E-state index is 0.439. The molecule has 2 aromatic carbocycles. The molecule has 1 amide bonds. The first kappa shape index (κ1) is 15.9. The average Bonchev–Trinajstić information content (AvgIpc) is 2.45. The van der Waals surface area contributed by atoms with E-state index < -0.39 is 11.7 Å². The summed E-state index contributed by atoms with van der Waals surface area (Å²) in [7, 11) is 0. The highest BCUT2D eigenvalue weighted by molar-refractivity contribution is 5.91. The Labute approximate surface area is 131 Å². The standard InChI is InChI=1S/C18H22N2O2/c1-14-10-8-9-13-16(14)20(17(21)22-18(2,3)4)19-15-11-6-5-7-12-15/h5-13,19H,1-4H3. The summed E-state index contributed by atoms with van der Waals surface area (Å²) < 4.78 is 5.51. The second-order valence-corrected chi connectivity index (χ2v) is 6.08. The van der Waals surface area contributed by atoms with Crippen molar-refractivity contribution < 1.29 is 9.53 Å². The van der Waals surface area contributed by atoms with Crippen molar-refractivity contribution in [2.24, 2.45) is 0 Å². The monoisotopic (exact) mass is 298 g/mol. The van der Waals surface area contributed by atoms with E-state index in [2.05, 4.69) is 5.43 Å². The van der Waals surface area contributed by atoms with Gasteiger partial charge in [0.25, 0.3) is 0 Å². The molecule has 0 saturated carbocycles. The number of nitrogens with zero attached hydrogens (tertiary/aromatic N) is 1. The molecule has 0 aliphatic rings. The molecule has 22 heavy (non-hydrogen) atoms. The van der Waals surface area contributed by atoms with Gasteiger partial charge in [0.2, 0.25) is 0 Å². The zero-order chi connectivity index (χ0) is 16.2. The molecule has 0 aromatic heterocycles. The van der Waals surface area contributed by atoms with Crippen LogP contribution in [0.5, 0.6) is 0 Å². The lowest BCUT2D eigenvalue weighted by Crippen LogP contribution is -2.41. The lowest BCUT2D eigenvalue weighted by atomic mass is 10.2. The van der Waals surface area contributed by atoms with Crippen LogP contribution in [-0.2, 0) is 4.74 Å². The Balaban J connectivity index is 2.32. The normalized spacial score (nSPS) is 10.9. The molecule has 0 unspecified atom stereocenters. The number of para-hydroxylation sites is 2. The quantitative estimate of drug-likeness (QED) is 0.830. The number of ether oxygens (including phenoxy) is 1. The third-order valence-corrected chi connectivity index (χ3v) is 2.95. The van der Waals surface area contributed by atoms with Gasteiger partial charge in [0, 0.05) is 0 Å². The van der Waals surface area contributed by atoms with Crippen LogP contribution in [0.1, 0.15) is 26.3 Å². The fraction of sp³-hybridized carbons (Fsp3) is 0.278. The summed E-state index contributed by atoms with van der Waals surface area (Å²) in [6, 6.07) is 17.2. The van der Waals surface area contributed by atoms with Gasteiger partial charge in [-0.3, -0.25) is 5.43 Å². The molecule has 0 radical (unpaired) electrons. The van der Waals surface area contributed by atoms with Crippen LogP contribution in [-0.4, -0.2) is 11.7 Å². The van der Waals surface area contributed by atoms with E-state index in [9.17, 15) is 4.79 Å². The molecule has 2 rings (SSSR count). The fourth-order valence-corrected chi connectivity index (χ4v) is 1.97. The molecular weight excluding hydrogens is 276 g/mol. The van der Waals surface area contributed by atoms with Crippen LogP contribution >= 0.6 is 0 Å². The lowest BCUT2D eigenvalue weighted by molar-refractivity contribution is 0.0589. The van der Waals surface area contributed by atoms with Gasteiger partial charge in [-0.05, 0) is 51.5 Å². The summed E-state index contributed by atoms with van der Waals surface area (Å²) >= 11 is 0. The summed E-state index contributed by atoms with van der Waals surface area (Å²) in [4.78, 5) is 12.6. The maximum atomic E-state index is 12.6. The van der Waals surface area contributed by atoms with Gasteiger partial charge < -0.3 is 4.74 Å². The fourth-order valence-electron chi connectivity index (χ4n) is 1.97. The Bertz CT molecular complexity index is 633. The number of anilines is 2. The Kier molecular flexibility index (Phi) is 4.71. The van der Waals surface area contributed by atoms with Crippen molar-refractivity contribution in [3.05, 3.63) is 60.2 Å². The number of nitrogens with one attached hydrogen (secondary N) is 1.